The molecule has 20 heavy (non-hydrogen) atoms. The lowest BCUT2D eigenvalue weighted by molar-refractivity contribution is -0.121. The normalized spacial score (nSPS) is 11.6. The number of hydrogen-bond donors (Lipinski definition) is 0. The molecule has 2 rings (SSSR count). The Balaban J connectivity index is 2.23. The number of nitrogens with zero attached hydrogens (tertiary/aromatic N) is 5. The summed E-state index contributed by atoms with van der Waals surface area (Å²) >= 11 is 0. The summed E-state index contributed by atoms with van der Waals surface area (Å²) < 4.78 is 1.50. The Morgan fingerprint density at radius 3 is 2.80 bits per heavy atom. The number of amides is 1. The molecule has 1 amide bonds. The molecule has 0 bridgehead atoms. The van der Waals surface area contributed by atoms with E-state index in [4.69, 9.17) is 5.26 Å². The number of aromatic nitrogens is 3. The number of carbonyl (C=O) groups is 1. The van der Waals surface area contributed by atoms with Crippen LogP contribution in [0.3, 0.4) is 0 Å². The highest BCUT2D eigenvalue weighted by atomic mass is 16.2. The molecule has 0 aliphatic carbocycles. The van der Waals surface area contributed by atoms with Crippen LogP contribution in [0.15, 0.2) is 42.7 Å². The second kappa shape index (κ2) is 6.48. The van der Waals surface area contributed by atoms with Gasteiger partial charge in [0.1, 0.15) is 6.04 Å². The third-order valence-corrected chi connectivity index (χ3v) is 2.98. The Bertz CT molecular complexity index is 588. The van der Waals surface area contributed by atoms with E-state index >= 15 is 0 Å². The summed E-state index contributed by atoms with van der Waals surface area (Å²) in [4.78, 5) is 14.2. The number of benzene rings is 1. The largest absolute Gasteiger partial charge is 0.310 e. The van der Waals surface area contributed by atoms with Crippen LogP contribution in [0.25, 0.3) is 0 Å². The summed E-state index contributed by atoms with van der Waals surface area (Å²) in [7, 11) is 0. The summed E-state index contributed by atoms with van der Waals surface area (Å²) in [5, 5.41) is 16.3. The smallest absolute Gasteiger partial charge is 0.251 e. The molecule has 0 aliphatic heterocycles. The fraction of sp³-hybridized carbons (Fsp3) is 0.286. The van der Waals surface area contributed by atoms with E-state index in [1.54, 1.807) is 18.0 Å². The van der Waals surface area contributed by atoms with Gasteiger partial charge in [-0.3, -0.25) is 4.79 Å². The standard InChI is InChI=1S/C14H15N5O/c1-12(19-11-9-16-17-19)14(20)18(10-5-8-15)13-6-3-2-4-7-13/h2-4,6-7,9,11-12H,5,10H2,1H3/t12-/m0/s1. The second-order valence-electron chi connectivity index (χ2n) is 4.29. The minimum Gasteiger partial charge on any atom is -0.310 e. The van der Waals surface area contributed by atoms with Gasteiger partial charge in [0.25, 0.3) is 5.91 Å². The minimum absolute atomic E-state index is 0.114. The van der Waals surface area contributed by atoms with Gasteiger partial charge in [0, 0.05) is 18.4 Å². The highest BCUT2D eigenvalue weighted by molar-refractivity contribution is 5.95. The maximum Gasteiger partial charge on any atom is 0.251 e. The molecule has 0 N–H and O–H groups in total. The maximum atomic E-state index is 12.6. The first-order valence-electron chi connectivity index (χ1n) is 6.33. The average Bonchev–Trinajstić information content (AvgIpc) is 3.02. The van der Waals surface area contributed by atoms with Gasteiger partial charge in [-0.05, 0) is 19.1 Å². The molecule has 6 nitrogen and oxygen atoms in total. The van der Waals surface area contributed by atoms with Crippen molar-refractivity contribution >= 4 is 11.6 Å². The van der Waals surface area contributed by atoms with Crippen LogP contribution in [-0.4, -0.2) is 27.4 Å². The van der Waals surface area contributed by atoms with Crippen molar-refractivity contribution in [2.45, 2.75) is 19.4 Å². The van der Waals surface area contributed by atoms with Crippen LogP contribution in [-0.2, 0) is 4.79 Å². The van der Waals surface area contributed by atoms with Gasteiger partial charge in [-0.25, -0.2) is 4.68 Å². The van der Waals surface area contributed by atoms with Crippen LogP contribution in [0.2, 0.25) is 0 Å². The van der Waals surface area contributed by atoms with Crippen LogP contribution in [0, 0.1) is 11.3 Å². The molecule has 0 spiro atoms. The molecular formula is C14H15N5O. The van der Waals surface area contributed by atoms with Crippen LogP contribution < -0.4 is 4.90 Å². The average molecular weight is 269 g/mol. The van der Waals surface area contributed by atoms with E-state index in [9.17, 15) is 4.79 Å². The summed E-state index contributed by atoms with van der Waals surface area (Å²) in [5.74, 6) is -0.114. The molecule has 0 saturated carbocycles. The van der Waals surface area contributed by atoms with E-state index in [1.165, 1.54) is 10.9 Å². The van der Waals surface area contributed by atoms with Crippen molar-refractivity contribution < 1.29 is 4.79 Å². The highest BCUT2D eigenvalue weighted by Gasteiger charge is 2.23. The minimum atomic E-state index is -0.462. The molecule has 0 fully saturated rings. The van der Waals surface area contributed by atoms with Gasteiger partial charge in [0.15, 0.2) is 0 Å². The number of rotatable bonds is 5. The lowest BCUT2D eigenvalue weighted by Gasteiger charge is -2.25. The maximum absolute atomic E-state index is 12.6. The van der Waals surface area contributed by atoms with Crippen molar-refractivity contribution in [3.8, 4) is 6.07 Å². The van der Waals surface area contributed by atoms with Crippen molar-refractivity contribution in [3.63, 3.8) is 0 Å². The zero-order valence-electron chi connectivity index (χ0n) is 11.2. The summed E-state index contributed by atoms with van der Waals surface area (Å²) in [6.45, 7) is 2.12. The van der Waals surface area contributed by atoms with E-state index in [1.807, 2.05) is 30.3 Å². The van der Waals surface area contributed by atoms with Crippen LogP contribution >= 0.6 is 0 Å². The van der Waals surface area contributed by atoms with Gasteiger partial charge >= 0.3 is 0 Å². The van der Waals surface area contributed by atoms with Crippen molar-refractivity contribution in [1.82, 2.24) is 15.0 Å². The summed E-state index contributed by atoms with van der Waals surface area (Å²) in [5.41, 5.74) is 0.778. The van der Waals surface area contributed by atoms with Gasteiger partial charge in [0.2, 0.25) is 0 Å². The molecule has 1 aromatic heterocycles. The molecular weight excluding hydrogens is 254 g/mol. The van der Waals surface area contributed by atoms with E-state index in [2.05, 4.69) is 16.4 Å². The molecule has 0 saturated heterocycles. The second-order valence-corrected chi connectivity index (χ2v) is 4.29. The Labute approximate surface area is 117 Å². The van der Waals surface area contributed by atoms with Crippen LogP contribution in [0.5, 0.6) is 0 Å². The van der Waals surface area contributed by atoms with Gasteiger partial charge in [-0.2, -0.15) is 5.26 Å². The van der Waals surface area contributed by atoms with Crippen molar-refractivity contribution in [1.29, 1.82) is 5.26 Å². The fourth-order valence-corrected chi connectivity index (χ4v) is 1.90. The van der Waals surface area contributed by atoms with Crippen LogP contribution in [0.1, 0.15) is 19.4 Å². The number of hydrogen-bond acceptors (Lipinski definition) is 4. The predicted octanol–water partition coefficient (Wildman–Crippen LogP) is 1.79. The highest BCUT2D eigenvalue weighted by Crippen LogP contribution is 2.18. The monoisotopic (exact) mass is 269 g/mol. The van der Waals surface area contributed by atoms with Crippen molar-refractivity contribution in [2.24, 2.45) is 0 Å². The fourth-order valence-electron chi connectivity index (χ4n) is 1.90. The number of nitriles is 1. The Kier molecular flexibility index (Phi) is 4.45. The van der Waals surface area contributed by atoms with Gasteiger partial charge in [0.05, 0.1) is 18.7 Å². The third-order valence-electron chi connectivity index (χ3n) is 2.98. The van der Waals surface area contributed by atoms with Gasteiger partial charge in [-0.15, -0.1) is 5.10 Å². The van der Waals surface area contributed by atoms with E-state index in [0.29, 0.717) is 6.54 Å². The molecule has 1 aromatic carbocycles. The summed E-state index contributed by atoms with van der Waals surface area (Å²) in [6, 6.07) is 10.9. The molecule has 0 aliphatic rings. The van der Waals surface area contributed by atoms with Crippen LogP contribution in [0.4, 0.5) is 5.69 Å². The van der Waals surface area contributed by atoms with Gasteiger partial charge < -0.3 is 4.90 Å². The van der Waals surface area contributed by atoms with Crippen molar-refractivity contribution in [2.75, 3.05) is 11.4 Å². The number of para-hydroxylation sites is 1. The van der Waals surface area contributed by atoms with Gasteiger partial charge in [-0.1, -0.05) is 23.4 Å². The first kappa shape index (κ1) is 13.7. The quantitative estimate of drug-likeness (QED) is 0.829. The molecule has 6 heteroatoms. The molecule has 0 radical (unpaired) electrons. The zero-order valence-corrected chi connectivity index (χ0v) is 11.2. The third kappa shape index (κ3) is 3.01. The Morgan fingerprint density at radius 1 is 1.45 bits per heavy atom. The Morgan fingerprint density at radius 2 is 2.20 bits per heavy atom. The summed E-state index contributed by atoms with van der Waals surface area (Å²) in [6.07, 6.45) is 3.46. The number of carbonyl (C=O) groups excluding carboxylic acids is 1. The predicted molar refractivity (Wildman–Crippen MR) is 73.8 cm³/mol. The topological polar surface area (TPSA) is 74.8 Å². The zero-order chi connectivity index (χ0) is 14.4. The van der Waals surface area contributed by atoms with E-state index < -0.39 is 6.04 Å². The SMILES string of the molecule is C[C@@H](C(=O)N(CCC#N)c1ccccc1)n1ccnn1. The first-order chi connectivity index (χ1) is 9.74. The van der Waals surface area contributed by atoms with E-state index in [-0.39, 0.29) is 12.3 Å². The number of anilines is 1. The molecule has 0 unspecified atom stereocenters. The molecule has 2 aromatic rings. The molecule has 102 valence electrons. The molecule has 1 heterocycles. The lowest BCUT2D eigenvalue weighted by atomic mass is 10.2. The molecule has 1 atom stereocenters. The van der Waals surface area contributed by atoms with E-state index in [0.717, 1.165) is 5.69 Å². The lowest BCUT2D eigenvalue weighted by Crippen LogP contribution is -2.37. The van der Waals surface area contributed by atoms with Crippen molar-refractivity contribution in [3.05, 3.63) is 42.7 Å². The first-order valence-corrected chi connectivity index (χ1v) is 6.33. The Hall–Kier alpha value is -2.68.